The molecule has 3 rings (SSSR count). The van der Waals surface area contributed by atoms with Crippen LogP contribution in [0.15, 0.2) is 5.16 Å². The molecule has 304 valence electrons. The van der Waals surface area contributed by atoms with Crippen molar-refractivity contribution in [2.75, 3.05) is 21.2 Å². The summed E-state index contributed by atoms with van der Waals surface area (Å²) in [7, 11) is 5.27. The van der Waals surface area contributed by atoms with Crippen LogP contribution in [0, 0.1) is 29.6 Å². The van der Waals surface area contributed by atoms with E-state index in [-0.39, 0.29) is 36.6 Å². The van der Waals surface area contributed by atoms with Crippen molar-refractivity contribution in [2.45, 2.75) is 179 Å². The highest BCUT2D eigenvalue weighted by Gasteiger charge is 2.53. The summed E-state index contributed by atoms with van der Waals surface area (Å²) in [5.74, 6) is -4.19. The first-order chi connectivity index (χ1) is 24.0. The lowest BCUT2D eigenvalue weighted by Crippen LogP contribution is -2.60. The fraction of sp³-hybridized carbons (Fsp3) is 0.947. The number of esters is 1. The van der Waals surface area contributed by atoms with E-state index >= 15 is 0 Å². The zero-order valence-electron chi connectivity index (χ0n) is 33.7. The van der Waals surface area contributed by atoms with Crippen LogP contribution in [0.3, 0.4) is 0 Å². The maximum Gasteiger partial charge on any atom is 0.311 e. The molecule has 2 heterocycles. The molecule has 3 aliphatic rings. The average Bonchev–Trinajstić information content (AvgIpc) is 3.06. The molecule has 14 nitrogen and oxygen atoms in total. The molecule has 18 atom stereocenters. The van der Waals surface area contributed by atoms with Gasteiger partial charge >= 0.3 is 5.97 Å². The zero-order chi connectivity index (χ0) is 39.7. The Morgan fingerprint density at radius 3 is 2.08 bits per heavy atom. The molecule has 14 heteroatoms. The number of cyclic esters (lactones) is 1. The van der Waals surface area contributed by atoms with Crippen molar-refractivity contribution >= 4 is 11.7 Å². The number of oxime groups is 1. The van der Waals surface area contributed by atoms with E-state index < -0.39 is 95.5 Å². The lowest BCUT2D eigenvalue weighted by molar-refractivity contribution is -0.301. The number of aliphatic hydroxyl groups excluding tert-OH is 3. The molecule has 52 heavy (non-hydrogen) atoms. The summed E-state index contributed by atoms with van der Waals surface area (Å²) in [5.41, 5.74) is -4.47. The van der Waals surface area contributed by atoms with E-state index in [4.69, 9.17) is 23.7 Å². The maximum atomic E-state index is 14.2. The number of hydrogen-bond acceptors (Lipinski definition) is 14. The molecule has 3 fully saturated rings. The van der Waals surface area contributed by atoms with Crippen LogP contribution in [0.1, 0.15) is 101 Å². The van der Waals surface area contributed by atoms with Crippen LogP contribution in [-0.4, -0.2) is 146 Å². The Morgan fingerprint density at radius 2 is 1.54 bits per heavy atom. The van der Waals surface area contributed by atoms with Crippen LogP contribution >= 0.6 is 0 Å². The van der Waals surface area contributed by atoms with E-state index in [1.807, 2.05) is 46.7 Å². The maximum absolute atomic E-state index is 14.2. The molecule has 0 aromatic carbocycles. The molecule has 0 radical (unpaired) electrons. The number of hydrogen-bond donors (Lipinski definition) is 6. The first-order valence-corrected chi connectivity index (χ1v) is 19.1. The van der Waals surface area contributed by atoms with Gasteiger partial charge in [-0.1, -0.05) is 39.8 Å². The van der Waals surface area contributed by atoms with Crippen molar-refractivity contribution in [3.63, 3.8) is 0 Å². The van der Waals surface area contributed by atoms with Gasteiger partial charge in [0.25, 0.3) is 0 Å². The summed E-state index contributed by atoms with van der Waals surface area (Å²) in [5, 5.41) is 72.0. The van der Waals surface area contributed by atoms with Gasteiger partial charge in [-0.3, -0.25) is 4.79 Å². The van der Waals surface area contributed by atoms with Gasteiger partial charge in [-0.15, -0.1) is 0 Å². The summed E-state index contributed by atoms with van der Waals surface area (Å²) in [6.07, 6.45) is -7.02. The number of rotatable bonds is 7. The van der Waals surface area contributed by atoms with Gasteiger partial charge in [-0.2, -0.15) is 0 Å². The first kappa shape index (κ1) is 44.9. The van der Waals surface area contributed by atoms with Gasteiger partial charge in [-0.25, -0.2) is 0 Å². The first-order valence-electron chi connectivity index (χ1n) is 19.1. The van der Waals surface area contributed by atoms with Gasteiger partial charge in [0.15, 0.2) is 6.29 Å². The highest BCUT2D eigenvalue weighted by Crippen LogP contribution is 2.42. The third kappa shape index (κ3) is 9.49. The van der Waals surface area contributed by atoms with Crippen LogP contribution in [0.4, 0.5) is 0 Å². The standard InChI is InChI=1S/C38H70N2O12/c1-14-27-38(10,46)32(43)22(5)28(39-47)20(3)17-36(8,45)33(52-35-29(41)26(40(11)12)16-21(4)49-35)23(6)30(24(7)34(44)51-27)50-25-15-19(2)31(42)37(9,18-25)48-13/h19-27,29-33,35,41-43,45-47H,14-18H2,1-13H3/b39-28+/t19-,20-,21-,22-,23+,24-,25-,26+,27+,29-,30+,31+,32-,33-,35+,36?,37-,38-/m1/s1. The van der Waals surface area contributed by atoms with Crippen molar-refractivity contribution in [3.05, 3.63) is 0 Å². The quantitative estimate of drug-likeness (QED) is 0.126. The minimum absolute atomic E-state index is 0.0345. The van der Waals surface area contributed by atoms with Gasteiger partial charge < -0.3 is 59.3 Å². The van der Waals surface area contributed by atoms with Crippen molar-refractivity contribution in [1.82, 2.24) is 4.90 Å². The number of ether oxygens (including phenoxy) is 5. The molecule has 0 bridgehead atoms. The Labute approximate surface area is 310 Å². The van der Waals surface area contributed by atoms with Crippen molar-refractivity contribution in [3.8, 4) is 0 Å². The number of carbonyl (C=O) groups is 1. The minimum Gasteiger partial charge on any atom is -0.459 e. The number of carbonyl (C=O) groups excluding carboxylic acids is 1. The Hall–Kier alpha value is -1.46. The molecule has 0 aromatic heterocycles. The summed E-state index contributed by atoms with van der Waals surface area (Å²) in [4.78, 5) is 16.1. The summed E-state index contributed by atoms with van der Waals surface area (Å²) < 4.78 is 31.5. The largest absolute Gasteiger partial charge is 0.459 e. The average molecular weight is 747 g/mol. The molecular weight excluding hydrogens is 676 g/mol. The lowest BCUT2D eigenvalue weighted by atomic mass is 9.73. The minimum atomic E-state index is -1.94. The normalized spacial score (nSPS) is 49.8. The van der Waals surface area contributed by atoms with Crippen LogP contribution < -0.4 is 0 Å². The zero-order valence-corrected chi connectivity index (χ0v) is 33.7. The lowest BCUT2D eigenvalue weighted by Gasteiger charge is -2.49. The van der Waals surface area contributed by atoms with Gasteiger partial charge in [0.2, 0.25) is 0 Å². The second-order valence-electron chi connectivity index (χ2n) is 17.2. The second kappa shape index (κ2) is 17.6. The third-order valence-corrected chi connectivity index (χ3v) is 12.4. The summed E-state index contributed by atoms with van der Waals surface area (Å²) in [6, 6.07) is -0.302. The molecule has 1 unspecified atom stereocenters. The van der Waals surface area contributed by atoms with E-state index in [0.29, 0.717) is 19.3 Å². The molecule has 6 N–H and O–H groups in total. The second-order valence-corrected chi connectivity index (χ2v) is 17.2. The smallest absolute Gasteiger partial charge is 0.311 e. The number of nitrogens with zero attached hydrogens (tertiary/aromatic N) is 2. The van der Waals surface area contributed by atoms with Crippen LogP contribution in [0.2, 0.25) is 0 Å². The van der Waals surface area contributed by atoms with Gasteiger partial charge in [-0.05, 0) is 80.3 Å². The number of aliphatic hydroxyl groups is 5. The van der Waals surface area contributed by atoms with Gasteiger partial charge in [0.1, 0.15) is 17.8 Å². The Morgan fingerprint density at radius 1 is 0.923 bits per heavy atom. The fourth-order valence-electron chi connectivity index (χ4n) is 9.17. The molecule has 1 saturated carbocycles. The summed E-state index contributed by atoms with van der Waals surface area (Å²) >= 11 is 0. The van der Waals surface area contributed by atoms with Crippen molar-refractivity contribution in [2.24, 2.45) is 34.7 Å². The predicted molar refractivity (Wildman–Crippen MR) is 194 cm³/mol. The van der Waals surface area contributed by atoms with Crippen molar-refractivity contribution < 1.29 is 59.2 Å². The Balaban J connectivity index is 2.21. The molecule has 2 saturated heterocycles. The Bertz CT molecular complexity index is 1200. The fourth-order valence-corrected chi connectivity index (χ4v) is 9.17. The van der Waals surface area contributed by atoms with Gasteiger partial charge in [0, 0.05) is 37.3 Å². The molecule has 2 aliphatic heterocycles. The summed E-state index contributed by atoms with van der Waals surface area (Å²) in [6.45, 7) is 17.2. The number of methoxy groups -OCH3 is 1. The monoisotopic (exact) mass is 746 g/mol. The van der Waals surface area contributed by atoms with Crippen LogP contribution in [0.25, 0.3) is 0 Å². The van der Waals surface area contributed by atoms with Crippen LogP contribution in [0.5, 0.6) is 0 Å². The van der Waals surface area contributed by atoms with E-state index in [1.165, 1.54) is 14.0 Å². The molecular formula is C38H70N2O12. The Kier molecular flexibility index (Phi) is 15.2. The van der Waals surface area contributed by atoms with E-state index in [1.54, 1.807) is 34.6 Å². The molecule has 0 spiro atoms. The topological polar surface area (TPSA) is 200 Å². The number of likely N-dealkylation sites (N-methyl/N-ethyl adjacent to an activating group) is 1. The van der Waals surface area contributed by atoms with E-state index in [0.717, 1.165) is 0 Å². The van der Waals surface area contributed by atoms with Crippen LogP contribution in [-0.2, 0) is 28.5 Å². The van der Waals surface area contributed by atoms with Crippen molar-refractivity contribution in [1.29, 1.82) is 0 Å². The van der Waals surface area contributed by atoms with Gasteiger partial charge in [0.05, 0.1) is 59.5 Å². The highest BCUT2D eigenvalue weighted by molar-refractivity contribution is 5.88. The van der Waals surface area contributed by atoms with E-state index in [2.05, 4.69) is 5.16 Å². The van der Waals surface area contributed by atoms with E-state index in [9.17, 15) is 35.5 Å². The third-order valence-electron chi connectivity index (χ3n) is 12.4. The molecule has 0 amide bonds. The molecule has 0 aromatic rings. The molecule has 1 aliphatic carbocycles. The predicted octanol–water partition coefficient (Wildman–Crippen LogP) is 2.71. The highest BCUT2D eigenvalue weighted by atomic mass is 16.7. The SMILES string of the molecule is CC[C@@H]1OC(=O)[C@H](C)[C@@H](O[C@@H]2C[C@@H](C)[C@H](O)[C@](C)(OC)C2)[C@H](C)[C@@H](O[C@@H]2O[C@H](C)C[C@H](N(C)C)[C@H]2O)C(C)(O)C[C@@H](C)/C(=N\O)[C@@H](C)[C@@H](O)[C@]1(C)O.